The summed E-state index contributed by atoms with van der Waals surface area (Å²) in [6.07, 6.45) is 0.668. The predicted molar refractivity (Wildman–Crippen MR) is 60.8 cm³/mol. The van der Waals surface area contributed by atoms with Gasteiger partial charge in [0.25, 0.3) is 0 Å². The summed E-state index contributed by atoms with van der Waals surface area (Å²) in [6.45, 7) is 1.77. The summed E-state index contributed by atoms with van der Waals surface area (Å²) in [7, 11) is 1.64. The zero-order valence-electron chi connectivity index (χ0n) is 9.16. The van der Waals surface area contributed by atoms with Crippen molar-refractivity contribution in [2.75, 3.05) is 7.11 Å². The second kappa shape index (κ2) is 6.10. The molecule has 1 N–H and O–H groups in total. The Balaban J connectivity index is 2.65. The molecule has 0 spiro atoms. The number of rotatable bonds is 4. The minimum Gasteiger partial charge on any atom is -0.496 e. The minimum absolute atomic E-state index is 0.422. The van der Waals surface area contributed by atoms with Crippen molar-refractivity contribution in [1.29, 1.82) is 0 Å². The van der Waals surface area contributed by atoms with Gasteiger partial charge >= 0.3 is 0 Å². The summed E-state index contributed by atoms with van der Waals surface area (Å²) in [4.78, 5) is 0. The summed E-state index contributed by atoms with van der Waals surface area (Å²) in [5, 5.41) is 9.70. The molecule has 0 fully saturated rings. The van der Waals surface area contributed by atoms with Gasteiger partial charge in [0.1, 0.15) is 5.75 Å². The van der Waals surface area contributed by atoms with Gasteiger partial charge in [0.05, 0.1) is 13.2 Å². The molecule has 2 heteroatoms. The molecular weight excluding hydrogens is 188 g/mol. The lowest BCUT2D eigenvalue weighted by atomic mass is 10.0. The van der Waals surface area contributed by atoms with Gasteiger partial charge in [0.15, 0.2) is 0 Å². The van der Waals surface area contributed by atoms with Crippen LogP contribution in [0.2, 0.25) is 0 Å². The molecule has 1 atom stereocenters. The summed E-state index contributed by atoms with van der Waals surface area (Å²) in [5.74, 6) is 6.46. The molecule has 0 aliphatic rings. The van der Waals surface area contributed by atoms with Gasteiger partial charge in [-0.3, -0.25) is 0 Å². The van der Waals surface area contributed by atoms with Crippen molar-refractivity contribution in [3.63, 3.8) is 0 Å². The third-order valence-electron chi connectivity index (χ3n) is 2.16. The van der Waals surface area contributed by atoms with Crippen molar-refractivity contribution in [1.82, 2.24) is 0 Å². The first-order valence-corrected chi connectivity index (χ1v) is 4.97. The lowest BCUT2D eigenvalue weighted by Gasteiger charge is -2.10. The summed E-state index contributed by atoms with van der Waals surface area (Å²) >= 11 is 0. The molecule has 0 saturated carbocycles. The van der Waals surface area contributed by atoms with Gasteiger partial charge in [0.2, 0.25) is 0 Å². The largest absolute Gasteiger partial charge is 0.496 e. The van der Waals surface area contributed by atoms with E-state index in [4.69, 9.17) is 4.74 Å². The highest BCUT2D eigenvalue weighted by Gasteiger charge is 2.07. The summed E-state index contributed by atoms with van der Waals surface area (Å²) in [5.41, 5.74) is 1.02. The first-order chi connectivity index (χ1) is 7.27. The van der Waals surface area contributed by atoms with Crippen LogP contribution in [0.15, 0.2) is 24.3 Å². The highest BCUT2D eigenvalue weighted by molar-refractivity contribution is 5.33. The number of hydrogen-bond acceptors (Lipinski definition) is 2. The van der Waals surface area contributed by atoms with E-state index < -0.39 is 6.10 Å². The molecule has 0 amide bonds. The summed E-state index contributed by atoms with van der Waals surface area (Å²) in [6, 6.07) is 7.71. The average molecular weight is 204 g/mol. The van der Waals surface area contributed by atoms with Crippen LogP contribution in [0.5, 0.6) is 5.75 Å². The Morgan fingerprint density at radius 3 is 2.80 bits per heavy atom. The van der Waals surface area contributed by atoms with Crippen LogP contribution in [0.25, 0.3) is 0 Å². The van der Waals surface area contributed by atoms with Crippen LogP contribution in [-0.4, -0.2) is 18.3 Å². The Labute approximate surface area is 90.9 Å². The minimum atomic E-state index is -0.422. The standard InChI is InChI=1S/C13H16O2/c1-3-4-8-12(14)10-11-7-5-6-9-13(11)15-2/h5-7,9,12,14H,8,10H2,1-2H3. The number of methoxy groups -OCH3 is 1. The first kappa shape index (κ1) is 11.6. The maximum Gasteiger partial charge on any atom is 0.122 e. The van der Waals surface area contributed by atoms with E-state index >= 15 is 0 Å². The fourth-order valence-electron chi connectivity index (χ4n) is 1.42. The lowest BCUT2D eigenvalue weighted by molar-refractivity contribution is 0.179. The van der Waals surface area contributed by atoms with Gasteiger partial charge in [-0.1, -0.05) is 18.2 Å². The van der Waals surface area contributed by atoms with Crippen molar-refractivity contribution < 1.29 is 9.84 Å². The molecule has 80 valence electrons. The van der Waals surface area contributed by atoms with Crippen LogP contribution in [-0.2, 0) is 6.42 Å². The molecule has 2 nitrogen and oxygen atoms in total. The Morgan fingerprint density at radius 2 is 2.13 bits per heavy atom. The van der Waals surface area contributed by atoms with Crippen molar-refractivity contribution in [2.45, 2.75) is 25.9 Å². The number of hydrogen-bond donors (Lipinski definition) is 1. The van der Waals surface area contributed by atoms with E-state index in [1.165, 1.54) is 0 Å². The van der Waals surface area contributed by atoms with Crippen molar-refractivity contribution in [3.05, 3.63) is 29.8 Å². The third kappa shape index (κ3) is 3.65. The van der Waals surface area contributed by atoms with Crippen molar-refractivity contribution in [3.8, 4) is 17.6 Å². The molecule has 0 heterocycles. The van der Waals surface area contributed by atoms with Crippen LogP contribution < -0.4 is 4.74 Å². The quantitative estimate of drug-likeness (QED) is 0.760. The molecule has 1 aromatic rings. The molecule has 1 aromatic carbocycles. The van der Waals surface area contributed by atoms with Gasteiger partial charge < -0.3 is 9.84 Å². The van der Waals surface area contributed by atoms with E-state index in [0.717, 1.165) is 11.3 Å². The third-order valence-corrected chi connectivity index (χ3v) is 2.16. The van der Waals surface area contributed by atoms with Gasteiger partial charge in [-0.05, 0) is 18.6 Å². The Hall–Kier alpha value is -1.46. The highest BCUT2D eigenvalue weighted by atomic mass is 16.5. The normalized spacial score (nSPS) is 11.4. The molecule has 0 aliphatic carbocycles. The number of para-hydroxylation sites is 1. The fourth-order valence-corrected chi connectivity index (χ4v) is 1.42. The zero-order valence-corrected chi connectivity index (χ0v) is 9.16. The van der Waals surface area contributed by atoms with E-state index in [1.807, 2.05) is 24.3 Å². The smallest absolute Gasteiger partial charge is 0.122 e. The Bertz CT molecular complexity index is 360. The molecule has 15 heavy (non-hydrogen) atoms. The van der Waals surface area contributed by atoms with Crippen LogP contribution in [0.3, 0.4) is 0 Å². The van der Waals surface area contributed by atoms with Crippen molar-refractivity contribution >= 4 is 0 Å². The monoisotopic (exact) mass is 204 g/mol. The van der Waals surface area contributed by atoms with Gasteiger partial charge in [-0.15, -0.1) is 11.8 Å². The number of aliphatic hydroxyl groups is 1. The molecule has 1 rings (SSSR count). The van der Waals surface area contributed by atoms with Crippen LogP contribution >= 0.6 is 0 Å². The lowest BCUT2D eigenvalue weighted by Crippen LogP contribution is -2.10. The molecule has 0 saturated heterocycles. The Morgan fingerprint density at radius 1 is 1.40 bits per heavy atom. The maximum absolute atomic E-state index is 9.70. The molecule has 0 radical (unpaired) electrons. The van der Waals surface area contributed by atoms with Gasteiger partial charge in [-0.25, -0.2) is 0 Å². The first-order valence-electron chi connectivity index (χ1n) is 4.97. The van der Waals surface area contributed by atoms with Crippen molar-refractivity contribution in [2.24, 2.45) is 0 Å². The van der Waals surface area contributed by atoms with E-state index in [9.17, 15) is 5.11 Å². The Kier molecular flexibility index (Phi) is 4.73. The van der Waals surface area contributed by atoms with Crippen LogP contribution in [0, 0.1) is 11.8 Å². The maximum atomic E-state index is 9.70. The highest BCUT2D eigenvalue weighted by Crippen LogP contribution is 2.19. The van der Waals surface area contributed by atoms with E-state index in [2.05, 4.69) is 11.8 Å². The second-order valence-electron chi connectivity index (χ2n) is 3.30. The topological polar surface area (TPSA) is 29.5 Å². The van der Waals surface area contributed by atoms with Crippen LogP contribution in [0.4, 0.5) is 0 Å². The van der Waals surface area contributed by atoms with E-state index in [1.54, 1.807) is 14.0 Å². The number of benzene rings is 1. The van der Waals surface area contributed by atoms with E-state index in [0.29, 0.717) is 12.8 Å². The molecule has 0 bridgehead atoms. The number of aliphatic hydroxyl groups excluding tert-OH is 1. The van der Waals surface area contributed by atoms with E-state index in [-0.39, 0.29) is 0 Å². The van der Waals surface area contributed by atoms with Crippen LogP contribution in [0.1, 0.15) is 18.9 Å². The second-order valence-corrected chi connectivity index (χ2v) is 3.30. The molecule has 0 aliphatic heterocycles. The zero-order chi connectivity index (χ0) is 11.1. The van der Waals surface area contributed by atoms with Gasteiger partial charge in [-0.2, -0.15) is 0 Å². The molecule has 1 unspecified atom stereocenters. The number of ether oxygens (including phenoxy) is 1. The van der Waals surface area contributed by atoms with Gasteiger partial charge in [0, 0.05) is 12.8 Å². The fraction of sp³-hybridized carbons (Fsp3) is 0.385. The predicted octanol–water partition coefficient (Wildman–Crippen LogP) is 2.01. The molecule has 0 aromatic heterocycles. The summed E-state index contributed by atoms with van der Waals surface area (Å²) < 4.78 is 5.20. The molecular formula is C13H16O2. The average Bonchev–Trinajstić information content (AvgIpc) is 2.27. The SMILES string of the molecule is CC#CCC(O)Cc1ccccc1OC.